The van der Waals surface area contributed by atoms with Crippen molar-refractivity contribution in [3.05, 3.63) is 56.4 Å². The topological polar surface area (TPSA) is 213 Å². The highest BCUT2D eigenvalue weighted by Crippen LogP contribution is 2.31. The molecule has 1 heterocycles. The first-order valence-electron chi connectivity index (χ1n) is 6.03. The van der Waals surface area contributed by atoms with Crippen molar-refractivity contribution in [2.24, 2.45) is 0 Å². The van der Waals surface area contributed by atoms with Crippen molar-refractivity contribution in [3.63, 3.8) is 0 Å². The van der Waals surface area contributed by atoms with Crippen LogP contribution in [0.2, 0.25) is 0 Å². The Kier molecular flexibility index (Phi) is 5.54. The second-order valence-corrected chi connectivity index (χ2v) is 4.22. The number of nitrogen functional groups attached to an aromatic ring is 2. The van der Waals surface area contributed by atoms with Gasteiger partial charge in [0.15, 0.2) is 12.4 Å². The van der Waals surface area contributed by atoms with Crippen molar-refractivity contribution in [1.29, 1.82) is 0 Å². The highest BCUT2D eigenvalue weighted by Gasteiger charge is 2.21. The van der Waals surface area contributed by atoms with E-state index in [1.165, 1.54) is 0 Å². The van der Waals surface area contributed by atoms with E-state index >= 15 is 0 Å². The number of hydrogen-bond donors (Lipinski definition) is 3. The minimum absolute atomic E-state index is 0.425. The number of aromatic amines is 1. The Balaban J connectivity index is 0.000000300. The van der Waals surface area contributed by atoms with Crippen LogP contribution in [0, 0.1) is 20.2 Å². The zero-order chi connectivity index (χ0) is 18.4. The molecule has 0 radical (unpaired) electrons. The zero-order valence-electron chi connectivity index (χ0n) is 11.8. The minimum Gasteiger partial charge on any atom is -0.867 e. The first-order chi connectivity index (χ1) is 11.1. The molecule has 1 aromatic heterocycles. The number of H-pyrrole nitrogens is 1. The molecule has 0 spiro atoms. The van der Waals surface area contributed by atoms with Gasteiger partial charge >= 0.3 is 5.97 Å². The maximum Gasteiger partial charge on any atom is 0.335 e. The summed E-state index contributed by atoms with van der Waals surface area (Å²) in [4.78, 5) is 31.9. The summed E-state index contributed by atoms with van der Waals surface area (Å²) >= 11 is 0. The van der Waals surface area contributed by atoms with Crippen molar-refractivity contribution < 1.29 is 29.8 Å². The van der Waals surface area contributed by atoms with Gasteiger partial charge in [-0.15, -0.1) is 0 Å². The summed E-state index contributed by atoms with van der Waals surface area (Å²) in [7, 11) is 0. The predicted molar refractivity (Wildman–Crippen MR) is 78.0 cm³/mol. The van der Waals surface area contributed by atoms with Crippen LogP contribution in [0.1, 0.15) is 10.4 Å². The number of nitro benzene ring substituents is 2. The van der Waals surface area contributed by atoms with E-state index in [1.54, 1.807) is 18.5 Å². The van der Waals surface area contributed by atoms with Crippen LogP contribution in [0.4, 0.5) is 22.7 Å². The number of pyridine rings is 1. The number of benzene rings is 1. The average molecular weight is 337 g/mol. The number of carboxylic acids is 1. The number of non-ortho nitro benzene ring substituents is 1. The van der Waals surface area contributed by atoms with Gasteiger partial charge in [0.25, 0.3) is 11.4 Å². The Hall–Kier alpha value is -3.96. The molecule has 0 amide bonds. The lowest BCUT2D eigenvalue weighted by atomic mass is 10.1. The van der Waals surface area contributed by atoms with Crippen LogP contribution in [0.5, 0.6) is 5.75 Å². The van der Waals surface area contributed by atoms with Gasteiger partial charge < -0.3 is 21.7 Å². The Morgan fingerprint density at radius 3 is 2.12 bits per heavy atom. The summed E-state index contributed by atoms with van der Waals surface area (Å²) in [5, 5.41) is 40.4. The molecule has 6 N–H and O–H groups in total. The third-order valence-corrected chi connectivity index (χ3v) is 2.62. The molecule has 1 aromatic carbocycles. The number of nitrogens with two attached hydrogens (primary N) is 2. The number of rotatable bonds is 3. The molecular weight excluding hydrogens is 326 g/mol. The van der Waals surface area contributed by atoms with Gasteiger partial charge in [-0.3, -0.25) is 20.2 Å². The lowest BCUT2D eigenvalue weighted by Crippen LogP contribution is -2.08. The van der Waals surface area contributed by atoms with Crippen LogP contribution in [-0.2, 0) is 0 Å². The van der Waals surface area contributed by atoms with Crippen LogP contribution in [0.25, 0.3) is 0 Å². The number of aromatic nitrogens is 1. The van der Waals surface area contributed by atoms with Gasteiger partial charge in [-0.05, 0) is 5.75 Å². The number of anilines is 2. The summed E-state index contributed by atoms with van der Waals surface area (Å²) in [5.74, 6) is -3.11. The third kappa shape index (κ3) is 4.27. The second-order valence-electron chi connectivity index (χ2n) is 4.22. The van der Waals surface area contributed by atoms with Gasteiger partial charge in [0.1, 0.15) is 5.69 Å². The summed E-state index contributed by atoms with van der Waals surface area (Å²) in [6.07, 6.45) is 3.38. The second kappa shape index (κ2) is 7.35. The molecular formula is C12H11N5O7. The van der Waals surface area contributed by atoms with Crippen molar-refractivity contribution in [1.82, 2.24) is 0 Å². The average Bonchev–Trinajstić information content (AvgIpc) is 2.50. The van der Waals surface area contributed by atoms with Crippen LogP contribution in [0.3, 0.4) is 0 Å². The molecule has 0 saturated heterocycles. The number of aromatic carboxylic acids is 1. The molecule has 0 aliphatic rings. The summed E-state index contributed by atoms with van der Waals surface area (Å²) < 4.78 is 0. The summed E-state index contributed by atoms with van der Waals surface area (Å²) in [5.41, 5.74) is 9.00. The van der Waals surface area contributed by atoms with Crippen LogP contribution in [-0.4, -0.2) is 20.9 Å². The van der Waals surface area contributed by atoms with Gasteiger partial charge in [-0.1, -0.05) is 0 Å². The number of carboxylic acid groups (broad SMARTS) is 1. The molecule has 0 fully saturated rings. The molecule has 12 heteroatoms. The molecule has 0 atom stereocenters. The normalized spacial score (nSPS) is 9.50. The SMILES string of the molecule is Nc1cc[nH+]cc1N.O=C(O)c1cc([N+](=O)[O-])cc([N+](=O)[O-])c1[O-]. The number of nitro groups is 2. The molecule has 0 aliphatic carbocycles. The van der Waals surface area contributed by atoms with E-state index in [1.807, 2.05) is 0 Å². The molecule has 24 heavy (non-hydrogen) atoms. The van der Waals surface area contributed by atoms with E-state index in [0.717, 1.165) is 0 Å². The Morgan fingerprint density at radius 2 is 1.75 bits per heavy atom. The summed E-state index contributed by atoms with van der Waals surface area (Å²) in [6, 6.07) is 2.63. The van der Waals surface area contributed by atoms with Crippen molar-refractivity contribution in [2.45, 2.75) is 0 Å². The molecule has 0 unspecified atom stereocenters. The fourth-order valence-corrected chi connectivity index (χ4v) is 1.45. The Morgan fingerprint density at radius 1 is 1.12 bits per heavy atom. The van der Waals surface area contributed by atoms with Gasteiger partial charge in [-0.25, -0.2) is 9.78 Å². The molecule has 0 aliphatic heterocycles. The third-order valence-electron chi connectivity index (χ3n) is 2.62. The van der Waals surface area contributed by atoms with Gasteiger partial charge in [0.2, 0.25) is 0 Å². The molecule has 0 saturated carbocycles. The molecule has 2 rings (SSSR count). The largest absolute Gasteiger partial charge is 0.867 e. The highest BCUT2D eigenvalue weighted by molar-refractivity contribution is 5.93. The minimum atomic E-state index is -1.75. The lowest BCUT2D eigenvalue weighted by molar-refractivity contribution is -0.403. The number of hydrogen-bond acceptors (Lipinski definition) is 8. The number of nitrogens with one attached hydrogen (secondary N) is 1. The van der Waals surface area contributed by atoms with Gasteiger partial charge in [0.05, 0.1) is 27.2 Å². The van der Waals surface area contributed by atoms with E-state index in [4.69, 9.17) is 16.6 Å². The highest BCUT2D eigenvalue weighted by atomic mass is 16.6. The molecule has 126 valence electrons. The molecule has 0 bridgehead atoms. The van der Waals surface area contributed by atoms with E-state index in [-0.39, 0.29) is 0 Å². The number of carbonyl (C=O) groups is 1. The maximum atomic E-state index is 11.2. The first-order valence-corrected chi connectivity index (χ1v) is 6.03. The van der Waals surface area contributed by atoms with Crippen LogP contribution in [0.15, 0.2) is 30.6 Å². The fourth-order valence-electron chi connectivity index (χ4n) is 1.45. The molecule has 2 aromatic rings. The molecule has 12 nitrogen and oxygen atoms in total. The monoisotopic (exact) mass is 337 g/mol. The Labute approximate surface area is 133 Å². The lowest BCUT2D eigenvalue weighted by Gasteiger charge is -2.09. The predicted octanol–water partition coefficient (Wildman–Crippen LogP) is -0.0601. The van der Waals surface area contributed by atoms with E-state index in [2.05, 4.69) is 4.98 Å². The maximum absolute atomic E-state index is 11.2. The quantitative estimate of drug-likeness (QED) is 0.504. The van der Waals surface area contributed by atoms with Crippen molar-refractivity contribution >= 4 is 28.7 Å². The number of nitrogens with zero attached hydrogens (tertiary/aromatic N) is 2. The summed E-state index contributed by atoms with van der Waals surface area (Å²) in [6.45, 7) is 0. The first kappa shape index (κ1) is 18.1. The van der Waals surface area contributed by atoms with Crippen molar-refractivity contribution in [3.8, 4) is 5.75 Å². The van der Waals surface area contributed by atoms with Gasteiger partial charge in [-0.2, -0.15) is 0 Å². The van der Waals surface area contributed by atoms with E-state index in [0.29, 0.717) is 23.5 Å². The Bertz CT molecular complexity index is 752. The van der Waals surface area contributed by atoms with Crippen molar-refractivity contribution in [2.75, 3.05) is 11.5 Å². The zero-order valence-corrected chi connectivity index (χ0v) is 11.8. The van der Waals surface area contributed by atoms with Crippen LogP contribution < -0.4 is 21.6 Å². The standard InChI is InChI=1S/C7H4N2O7.C5H7N3/c10-6-4(7(11)12)1-3(8(13)14)2-5(6)9(15)16;6-4-1-2-8-3-5(4)7/h1-2,10H,(H,11,12);1-3H,7H2,(H2,6,8). The fraction of sp³-hybridized carbons (Fsp3) is 0. The van der Waals surface area contributed by atoms with Crippen LogP contribution >= 0.6 is 0 Å². The van der Waals surface area contributed by atoms with E-state index < -0.39 is 38.5 Å². The van der Waals surface area contributed by atoms with Gasteiger partial charge in [0, 0.05) is 12.1 Å². The smallest absolute Gasteiger partial charge is 0.335 e. The van der Waals surface area contributed by atoms with E-state index in [9.17, 15) is 30.1 Å².